The average molecular weight is 333 g/mol. The Labute approximate surface area is 105 Å². The Morgan fingerprint density at radius 1 is 1.47 bits per heavy atom. The summed E-state index contributed by atoms with van der Waals surface area (Å²) in [5.74, 6) is 0. The fourth-order valence-electron chi connectivity index (χ4n) is 1.01. The van der Waals surface area contributed by atoms with Crippen LogP contribution < -0.4 is 5.73 Å². The molecule has 1 aromatic heterocycles. The highest BCUT2D eigenvalue weighted by molar-refractivity contribution is 14.1. The van der Waals surface area contributed by atoms with Crippen molar-refractivity contribution in [1.29, 1.82) is 0 Å². The summed E-state index contributed by atoms with van der Waals surface area (Å²) in [6.45, 7) is 0. The van der Waals surface area contributed by atoms with Crippen LogP contribution in [0.15, 0.2) is 28.3 Å². The summed E-state index contributed by atoms with van der Waals surface area (Å²) in [6, 6.07) is 5.76. The molecule has 0 spiro atoms. The maximum atomic E-state index is 5.67. The molecule has 7 heteroatoms. The van der Waals surface area contributed by atoms with Crippen molar-refractivity contribution in [2.45, 2.75) is 10.1 Å². The van der Waals surface area contributed by atoms with E-state index in [0.717, 1.165) is 19.3 Å². The van der Waals surface area contributed by atoms with E-state index in [0.29, 0.717) is 0 Å². The fourth-order valence-corrected chi connectivity index (χ4v) is 2.61. The van der Waals surface area contributed by atoms with Crippen molar-refractivity contribution in [3.63, 3.8) is 0 Å². The number of hydrogen-bond acceptors (Lipinski definition) is 5. The monoisotopic (exact) mass is 333 g/mol. The van der Waals surface area contributed by atoms with Crippen LogP contribution in [0.4, 0.5) is 5.69 Å². The number of hydrogen-bond donors (Lipinski definition) is 1. The van der Waals surface area contributed by atoms with Gasteiger partial charge in [-0.25, -0.2) is 4.68 Å². The smallest absolute Gasteiger partial charge is 0.213 e. The topological polar surface area (TPSA) is 69.6 Å². The molecule has 1 aromatic carbocycles. The first-order valence-corrected chi connectivity index (χ1v) is 6.01. The maximum absolute atomic E-state index is 5.67. The van der Waals surface area contributed by atoms with E-state index in [1.54, 1.807) is 4.68 Å². The normalized spacial score (nSPS) is 10.5. The Bertz CT molecular complexity index is 484. The molecular formula is C8H8IN5S. The molecule has 1 heterocycles. The van der Waals surface area contributed by atoms with Crippen molar-refractivity contribution in [1.82, 2.24) is 20.2 Å². The van der Waals surface area contributed by atoms with Crippen LogP contribution in [0, 0.1) is 3.57 Å². The molecule has 0 amide bonds. The summed E-state index contributed by atoms with van der Waals surface area (Å²) < 4.78 is 2.73. The summed E-state index contributed by atoms with van der Waals surface area (Å²) in [6.07, 6.45) is 0. The molecule has 0 unspecified atom stereocenters. The third-order valence-corrected chi connectivity index (χ3v) is 4.10. The van der Waals surface area contributed by atoms with Crippen LogP contribution in [-0.2, 0) is 7.05 Å². The summed E-state index contributed by atoms with van der Waals surface area (Å²) >= 11 is 3.76. The Morgan fingerprint density at radius 3 is 2.87 bits per heavy atom. The number of benzene rings is 1. The maximum Gasteiger partial charge on any atom is 0.213 e. The standard InChI is InChI=1S/C8H8IN5S/c1-14-8(11-12-13-14)15-7-3-2-5(10)4-6(7)9/h2-4H,10H2,1H3. The van der Waals surface area contributed by atoms with Gasteiger partial charge in [0.05, 0.1) is 0 Å². The number of aromatic nitrogens is 4. The number of halogens is 1. The molecule has 0 aliphatic carbocycles. The van der Waals surface area contributed by atoms with Gasteiger partial charge in [-0.2, -0.15) is 0 Å². The van der Waals surface area contributed by atoms with Gasteiger partial charge >= 0.3 is 0 Å². The largest absolute Gasteiger partial charge is 0.399 e. The van der Waals surface area contributed by atoms with Crippen molar-refractivity contribution in [3.05, 3.63) is 21.8 Å². The summed E-state index contributed by atoms with van der Waals surface area (Å²) in [4.78, 5) is 1.10. The third kappa shape index (κ3) is 2.40. The Morgan fingerprint density at radius 2 is 2.27 bits per heavy atom. The Kier molecular flexibility index (Phi) is 3.10. The minimum absolute atomic E-state index is 0.762. The molecule has 0 aliphatic heterocycles. The van der Waals surface area contributed by atoms with E-state index in [1.165, 1.54) is 11.8 Å². The van der Waals surface area contributed by atoms with Gasteiger partial charge in [-0.05, 0) is 63.0 Å². The van der Waals surface area contributed by atoms with E-state index < -0.39 is 0 Å². The first kappa shape index (κ1) is 10.7. The number of rotatable bonds is 2. The second-order valence-corrected chi connectivity index (χ2v) is 5.05. The number of nitrogen functional groups attached to an aromatic ring is 1. The van der Waals surface area contributed by atoms with Crippen LogP contribution in [-0.4, -0.2) is 20.2 Å². The molecule has 78 valence electrons. The van der Waals surface area contributed by atoms with Crippen molar-refractivity contribution in [3.8, 4) is 0 Å². The number of tetrazole rings is 1. The van der Waals surface area contributed by atoms with Gasteiger partial charge in [0.25, 0.3) is 0 Å². The highest BCUT2D eigenvalue weighted by atomic mass is 127. The molecule has 0 saturated heterocycles. The van der Waals surface area contributed by atoms with E-state index in [9.17, 15) is 0 Å². The van der Waals surface area contributed by atoms with E-state index in [-0.39, 0.29) is 0 Å². The Balaban J connectivity index is 2.29. The van der Waals surface area contributed by atoms with Gasteiger partial charge in [0.2, 0.25) is 5.16 Å². The van der Waals surface area contributed by atoms with Gasteiger partial charge in [-0.15, -0.1) is 5.10 Å². The summed E-state index contributed by atoms with van der Waals surface area (Å²) in [5, 5.41) is 12.0. The van der Waals surface area contributed by atoms with Crippen molar-refractivity contribution in [2.75, 3.05) is 5.73 Å². The molecule has 2 rings (SSSR count). The van der Waals surface area contributed by atoms with Crippen LogP contribution >= 0.6 is 34.4 Å². The van der Waals surface area contributed by atoms with Gasteiger partial charge in [0.15, 0.2) is 0 Å². The number of nitrogens with zero attached hydrogens (tertiary/aromatic N) is 4. The van der Waals surface area contributed by atoms with E-state index in [2.05, 4.69) is 38.1 Å². The van der Waals surface area contributed by atoms with Crippen LogP contribution in [0.2, 0.25) is 0 Å². The van der Waals surface area contributed by atoms with Crippen LogP contribution in [0.3, 0.4) is 0 Å². The van der Waals surface area contributed by atoms with Gasteiger partial charge in [-0.1, -0.05) is 0 Å². The number of nitrogens with two attached hydrogens (primary N) is 1. The molecular weight excluding hydrogens is 325 g/mol. The predicted octanol–water partition coefficient (Wildman–Crippen LogP) is 1.55. The lowest BCUT2D eigenvalue weighted by atomic mass is 10.3. The highest BCUT2D eigenvalue weighted by Gasteiger charge is 2.07. The Hall–Kier alpha value is -0.830. The number of anilines is 1. The summed E-state index contributed by atoms with van der Waals surface area (Å²) in [7, 11) is 1.81. The SMILES string of the molecule is Cn1nnnc1Sc1ccc(N)cc1I. The quantitative estimate of drug-likeness (QED) is 0.667. The van der Waals surface area contributed by atoms with Gasteiger partial charge in [0, 0.05) is 21.2 Å². The van der Waals surface area contributed by atoms with Crippen molar-refractivity contribution >= 4 is 40.0 Å². The zero-order chi connectivity index (χ0) is 10.8. The highest BCUT2D eigenvalue weighted by Crippen LogP contribution is 2.30. The second-order valence-electron chi connectivity index (χ2n) is 2.88. The molecule has 15 heavy (non-hydrogen) atoms. The molecule has 0 saturated carbocycles. The van der Waals surface area contributed by atoms with E-state index in [4.69, 9.17) is 5.73 Å². The average Bonchev–Trinajstić information content (AvgIpc) is 2.57. The fraction of sp³-hybridized carbons (Fsp3) is 0.125. The zero-order valence-corrected chi connectivity index (χ0v) is 10.9. The van der Waals surface area contributed by atoms with E-state index in [1.807, 2.05) is 25.2 Å². The van der Waals surface area contributed by atoms with Crippen LogP contribution in [0.5, 0.6) is 0 Å². The third-order valence-electron chi connectivity index (χ3n) is 1.74. The molecule has 2 aromatic rings. The van der Waals surface area contributed by atoms with Gasteiger partial charge in [0.1, 0.15) is 0 Å². The minimum Gasteiger partial charge on any atom is -0.399 e. The van der Waals surface area contributed by atoms with Gasteiger partial charge in [-0.3, -0.25) is 0 Å². The molecule has 2 N–H and O–H groups in total. The van der Waals surface area contributed by atoms with Gasteiger partial charge < -0.3 is 5.73 Å². The first-order valence-electron chi connectivity index (χ1n) is 4.12. The van der Waals surface area contributed by atoms with Crippen molar-refractivity contribution in [2.24, 2.45) is 7.05 Å². The molecule has 5 nitrogen and oxygen atoms in total. The molecule has 0 aliphatic rings. The van der Waals surface area contributed by atoms with Crippen LogP contribution in [0.25, 0.3) is 0 Å². The predicted molar refractivity (Wildman–Crippen MR) is 66.5 cm³/mol. The molecule has 0 radical (unpaired) electrons. The minimum atomic E-state index is 0.762. The summed E-state index contributed by atoms with van der Waals surface area (Å²) in [5.41, 5.74) is 6.43. The van der Waals surface area contributed by atoms with Crippen LogP contribution in [0.1, 0.15) is 0 Å². The lowest BCUT2D eigenvalue weighted by Crippen LogP contribution is -1.93. The molecule has 0 fully saturated rings. The van der Waals surface area contributed by atoms with Crippen molar-refractivity contribution < 1.29 is 0 Å². The number of aryl methyl sites for hydroxylation is 1. The molecule has 0 bridgehead atoms. The first-order chi connectivity index (χ1) is 7.16. The second kappa shape index (κ2) is 4.35. The lowest BCUT2D eigenvalue weighted by Gasteiger charge is -2.03. The zero-order valence-electron chi connectivity index (χ0n) is 7.88. The molecule has 0 atom stereocenters. The lowest BCUT2D eigenvalue weighted by molar-refractivity contribution is 0.664. The van der Waals surface area contributed by atoms with E-state index >= 15 is 0 Å².